The van der Waals surface area contributed by atoms with Crippen LogP contribution in [0.4, 0.5) is 0 Å². The highest BCUT2D eigenvalue weighted by Crippen LogP contribution is 2.22. The van der Waals surface area contributed by atoms with Crippen LogP contribution in [0.25, 0.3) is 21.8 Å². The lowest BCUT2D eigenvalue weighted by Crippen LogP contribution is -2.34. The number of carbonyl (C=O) groups excluding carboxylic acids is 1. The topological polar surface area (TPSA) is 104 Å². The number of benzene rings is 2. The zero-order valence-electron chi connectivity index (χ0n) is 15.7. The van der Waals surface area contributed by atoms with Crippen molar-refractivity contribution >= 4 is 27.7 Å². The molecule has 1 amide bonds. The number of hydrogen-bond acceptors (Lipinski definition) is 4. The molecule has 0 saturated heterocycles. The van der Waals surface area contributed by atoms with E-state index < -0.39 is 0 Å². The third-order valence-electron chi connectivity index (χ3n) is 4.79. The second-order valence-corrected chi connectivity index (χ2v) is 7.15. The zero-order valence-corrected chi connectivity index (χ0v) is 15.7. The Labute approximate surface area is 161 Å². The summed E-state index contributed by atoms with van der Waals surface area (Å²) in [5, 5.41) is 10.8. The molecule has 4 aromatic rings. The first kappa shape index (κ1) is 17.9. The van der Waals surface area contributed by atoms with Crippen molar-refractivity contribution in [1.82, 2.24) is 25.5 Å². The van der Waals surface area contributed by atoms with Crippen LogP contribution in [-0.4, -0.2) is 26.1 Å². The molecule has 0 spiro atoms. The van der Waals surface area contributed by atoms with Gasteiger partial charge in [0.05, 0.1) is 34.6 Å². The number of amides is 1. The number of rotatable bonds is 5. The van der Waals surface area contributed by atoms with Crippen LogP contribution in [0.1, 0.15) is 31.4 Å². The fraction of sp³-hybridized carbons (Fsp3) is 0.238. The average molecular weight is 375 g/mol. The van der Waals surface area contributed by atoms with Gasteiger partial charge in [-0.2, -0.15) is 5.10 Å². The van der Waals surface area contributed by atoms with Crippen LogP contribution >= 0.6 is 0 Å². The van der Waals surface area contributed by atoms with Crippen LogP contribution in [0.2, 0.25) is 0 Å². The normalized spacial score (nSPS) is 12.5. The maximum Gasteiger partial charge on any atom is 0.272 e. The minimum absolute atomic E-state index is 0.0702. The van der Waals surface area contributed by atoms with E-state index in [1.807, 2.05) is 44.2 Å². The molecular formula is C21H21N5O2. The number of H-pyrrole nitrogens is 2. The largest absolute Gasteiger partial charge is 0.346 e. The third-order valence-corrected chi connectivity index (χ3v) is 4.79. The van der Waals surface area contributed by atoms with Gasteiger partial charge < -0.3 is 10.3 Å². The van der Waals surface area contributed by atoms with E-state index >= 15 is 0 Å². The molecule has 4 rings (SSSR count). The maximum atomic E-state index is 12.8. The predicted octanol–water partition coefficient (Wildman–Crippen LogP) is 2.86. The number of imidazole rings is 1. The first-order valence-corrected chi connectivity index (χ1v) is 9.23. The summed E-state index contributed by atoms with van der Waals surface area (Å²) in [4.78, 5) is 32.6. The van der Waals surface area contributed by atoms with Crippen molar-refractivity contribution in [2.24, 2.45) is 5.92 Å². The van der Waals surface area contributed by atoms with E-state index in [-0.39, 0.29) is 29.8 Å². The minimum atomic E-state index is -0.262. The molecule has 0 aliphatic carbocycles. The minimum Gasteiger partial charge on any atom is -0.346 e. The lowest BCUT2D eigenvalue weighted by atomic mass is 10.0. The summed E-state index contributed by atoms with van der Waals surface area (Å²) in [6.07, 6.45) is 0.0702. The van der Waals surface area contributed by atoms with Gasteiger partial charge in [0.2, 0.25) is 5.91 Å². The Balaban J connectivity index is 1.59. The van der Waals surface area contributed by atoms with Crippen molar-refractivity contribution in [2.45, 2.75) is 26.3 Å². The third kappa shape index (κ3) is 3.38. The molecule has 0 radical (unpaired) electrons. The highest BCUT2D eigenvalue weighted by atomic mass is 16.1. The summed E-state index contributed by atoms with van der Waals surface area (Å²) in [5.41, 5.74) is 2.08. The van der Waals surface area contributed by atoms with Gasteiger partial charge in [0, 0.05) is 5.39 Å². The number of fused-ring (bicyclic) bond motifs is 2. The molecular weight excluding hydrogens is 354 g/mol. The summed E-state index contributed by atoms with van der Waals surface area (Å²) in [6, 6.07) is 14.7. The molecule has 7 heteroatoms. The highest BCUT2D eigenvalue weighted by Gasteiger charge is 2.22. The maximum absolute atomic E-state index is 12.8. The SMILES string of the molecule is CC(C)C(NC(=O)Cc1n[nH]c(=O)c2ccccc12)c1nc2ccccc2[nH]1. The highest BCUT2D eigenvalue weighted by molar-refractivity contribution is 5.88. The summed E-state index contributed by atoms with van der Waals surface area (Å²) in [7, 11) is 0. The number of aromatic amines is 2. The van der Waals surface area contributed by atoms with Crippen molar-refractivity contribution in [3.05, 3.63) is 70.4 Å². The summed E-state index contributed by atoms with van der Waals surface area (Å²) >= 11 is 0. The first-order chi connectivity index (χ1) is 13.5. The smallest absolute Gasteiger partial charge is 0.272 e. The lowest BCUT2D eigenvalue weighted by molar-refractivity contribution is -0.121. The Morgan fingerprint density at radius 3 is 2.54 bits per heavy atom. The van der Waals surface area contributed by atoms with Crippen LogP contribution < -0.4 is 10.9 Å². The molecule has 142 valence electrons. The van der Waals surface area contributed by atoms with Gasteiger partial charge in [-0.1, -0.05) is 44.2 Å². The fourth-order valence-electron chi connectivity index (χ4n) is 3.35. The van der Waals surface area contributed by atoms with Crippen molar-refractivity contribution in [2.75, 3.05) is 0 Å². The van der Waals surface area contributed by atoms with Crippen LogP contribution in [-0.2, 0) is 11.2 Å². The molecule has 3 N–H and O–H groups in total. The molecule has 2 heterocycles. The van der Waals surface area contributed by atoms with E-state index in [9.17, 15) is 9.59 Å². The van der Waals surface area contributed by atoms with Gasteiger partial charge in [0.1, 0.15) is 5.82 Å². The van der Waals surface area contributed by atoms with Gasteiger partial charge in [-0.3, -0.25) is 9.59 Å². The van der Waals surface area contributed by atoms with Gasteiger partial charge >= 0.3 is 0 Å². The Bertz CT molecular complexity index is 1180. The summed E-state index contributed by atoms with van der Waals surface area (Å²) < 4.78 is 0. The Kier molecular flexibility index (Phi) is 4.65. The molecule has 2 aromatic carbocycles. The van der Waals surface area contributed by atoms with Gasteiger partial charge in [-0.25, -0.2) is 10.1 Å². The van der Waals surface area contributed by atoms with E-state index in [0.29, 0.717) is 16.5 Å². The number of hydrogen-bond donors (Lipinski definition) is 3. The van der Waals surface area contributed by atoms with Gasteiger partial charge in [-0.05, 0) is 24.1 Å². The molecule has 0 aliphatic heterocycles. The van der Waals surface area contributed by atoms with Crippen LogP contribution in [0.3, 0.4) is 0 Å². The number of nitrogens with one attached hydrogen (secondary N) is 3. The first-order valence-electron chi connectivity index (χ1n) is 9.23. The number of nitrogens with zero attached hydrogens (tertiary/aromatic N) is 2. The molecule has 0 aliphatic rings. The van der Waals surface area contributed by atoms with Gasteiger partial charge in [0.25, 0.3) is 5.56 Å². The Morgan fingerprint density at radius 1 is 1.07 bits per heavy atom. The van der Waals surface area contributed by atoms with E-state index in [4.69, 9.17) is 0 Å². The van der Waals surface area contributed by atoms with Gasteiger partial charge in [0.15, 0.2) is 0 Å². The predicted molar refractivity (Wildman–Crippen MR) is 108 cm³/mol. The number of aromatic nitrogens is 4. The zero-order chi connectivity index (χ0) is 19.7. The Hall–Kier alpha value is -3.48. The van der Waals surface area contributed by atoms with Crippen molar-refractivity contribution < 1.29 is 4.79 Å². The monoisotopic (exact) mass is 375 g/mol. The second-order valence-electron chi connectivity index (χ2n) is 7.15. The van der Waals surface area contributed by atoms with E-state index in [1.165, 1.54) is 0 Å². The molecule has 2 aromatic heterocycles. The molecule has 1 unspecified atom stereocenters. The van der Waals surface area contributed by atoms with Crippen molar-refractivity contribution in [1.29, 1.82) is 0 Å². The number of carbonyl (C=O) groups is 1. The fourth-order valence-corrected chi connectivity index (χ4v) is 3.35. The second kappa shape index (κ2) is 7.26. The molecule has 1 atom stereocenters. The van der Waals surface area contributed by atoms with Crippen molar-refractivity contribution in [3.63, 3.8) is 0 Å². The summed E-state index contributed by atoms with van der Waals surface area (Å²) in [5.74, 6) is 0.692. The molecule has 0 fully saturated rings. The van der Waals surface area contributed by atoms with Crippen LogP contribution in [0.5, 0.6) is 0 Å². The van der Waals surface area contributed by atoms with Gasteiger partial charge in [-0.15, -0.1) is 0 Å². The Morgan fingerprint density at radius 2 is 1.79 bits per heavy atom. The quantitative estimate of drug-likeness (QED) is 0.499. The van der Waals surface area contributed by atoms with E-state index in [0.717, 1.165) is 16.9 Å². The molecule has 28 heavy (non-hydrogen) atoms. The molecule has 7 nitrogen and oxygen atoms in total. The van der Waals surface area contributed by atoms with E-state index in [2.05, 4.69) is 25.5 Å². The summed E-state index contributed by atoms with van der Waals surface area (Å²) in [6.45, 7) is 4.07. The van der Waals surface area contributed by atoms with Crippen LogP contribution in [0.15, 0.2) is 53.3 Å². The molecule has 0 bridgehead atoms. The van der Waals surface area contributed by atoms with E-state index in [1.54, 1.807) is 18.2 Å². The van der Waals surface area contributed by atoms with Crippen molar-refractivity contribution in [3.8, 4) is 0 Å². The lowest BCUT2D eigenvalue weighted by Gasteiger charge is -2.20. The average Bonchev–Trinajstić information content (AvgIpc) is 3.12. The molecule has 0 saturated carbocycles. The standard InChI is InChI=1S/C21H21N5O2/c1-12(2)19(20-22-15-9-5-6-10-16(15)23-20)24-18(27)11-17-13-7-3-4-8-14(13)21(28)26-25-17/h3-10,12,19H,11H2,1-2H3,(H,22,23)(H,24,27)(H,26,28). The van der Waals surface area contributed by atoms with Crippen LogP contribution in [0, 0.1) is 5.92 Å². The number of para-hydroxylation sites is 2.